The number of carboxylic acid groups (broad SMARTS) is 2. The molecule has 0 aliphatic carbocycles. The van der Waals surface area contributed by atoms with Crippen LogP contribution in [-0.4, -0.2) is 80.6 Å². The smallest absolute Gasteiger partial charge is 0.543 e. The van der Waals surface area contributed by atoms with Gasteiger partial charge < -0.3 is 40.7 Å². The Bertz CT molecular complexity index is 806. The second kappa shape index (κ2) is 11.9. The second-order valence-electron chi connectivity index (χ2n) is 3.58. The predicted molar refractivity (Wildman–Crippen MR) is 77.0 cm³/mol. The Kier molecular flexibility index (Phi) is 13.0. The molecule has 2 rings (SSSR count). The van der Waals surface area contributed by atoms with E-state index >= 15 is 0 Å². The van der Waals surface area contributed by atoms with Crippen molar-refractivity contribution in [1.82, 2.24) is 19.9 Å². The van der Waals surface area contributed by atoms with Crippen LogP contribution in [-0.2, 0) is 0 Å². The van der Waals surface area contributed by atoms with Gasteiger partial charge in [0, 0.05) is 12.1 Å². The van der Waals surface area contributed by atoms with Crippen molar-refractivity contribution in [3.8, 4) is 0 Å². The number of carbonyl (C=O) groups is 2. The summed E-state index contributed by atoms with van der Waals surface area (Å²) in [6.45, 7) is 0. The minimum atomic E-state index is -1.59. The average molecular weight is 386 g/mol. The van der Waals surface area contributed by atoms with Crippen molar-refractivity contribution in [1.29, 1.82) is 0 Å². The molecule has 0 aliphatic heterocycles. The Balaban J connectivity index is -0.000000346. The third-order valence-electron chi connectivity index (χ3n) is 1.96. The van der Waals surface area contributed by atoms with Crippen LogP contribution in [0.5, 0.6) is 0 Å². The molecule has 0 bridgehead atoms. The molecule has 0 saturated carbocycles. The first-order chi connectivity index (χ1) is 10.2. The first-order valence-corrected chi connectivity index (χ1v) is 5.29. The minimum absolute atomic E-state index is 0. The van der Waals surface area contributed by atoms with E-state index in [0.29, 0.717) is 0 Å². The summed E-state index contributed by atoms with van der Waals surface area (Å²) < 4.78 is 0. The molecule has 0 fully saturated rings. The van der Waals surface area contributed by atoms with E-state index in [1.54, 1.807) is 0 Å². The SMILES string of the molecule is O.O.O=C([O-])c1cc(=O)[nH]c(=O)[nH]1.O=C([O-])c1cc(=O)[nH]c(=O)[nH]1.[Ca+2]. The van der Waals surface area contributed by atoms with E-state index in [4.69, 9.17) is 0 Å². The molecular weight excluding hydrogens is 376 g/mol. The molecular formula is C10H10CaN4O10. The van der Waals surface area contributed by atoms with Gasteiger partial charge in [-0.15, -0.1) is 0 Å². The van der Waals surface area contributed by atoms with Gasteiger partial charge in [-0.05, 0) is 0 Å². The van der Waals surface area contributed by atoms with Crippen LogP contribution >= 0.6 is 0 Å². The van der Waals surface area contributed by atoms with Gasteiger partial charge in [0.15, 0.2) is 0 Å². The van der Waals surface area contributed by atoms with Gasteiger partial charge in [-0.2, -0.15) is 0 Å². The molecule has 0 saturated heterocycles. The van der Waals surface area contributed by atoms with Crippen molar-refractivity contribution in [3.63, 3.8) is 0 Å². The first kappa shape index (κ1) is 27.3. The normalized spacial score (nSPS) is 8.32. The number of aromatic carboxylic acids is 2. The fourth-order valence-corrected chi connectivity index (χ4v) is 1.16. The van der Waals surface area contributed by atoms with Gasteiger partial charge >= 0.3 is 49.1 Å². The molecule has 0 spiro atoms. The summed E-state index contributed by atoms with van der Waals surface area (Å²) in [5, 5.41) is 20.1. The molecule has 0 atom stereocenters. The van der Waals surface area contributed by atoms with Gasteiger partial charge in [-0.25, -0.2) is 9.59 Å². The number of hydrogen-bond donors (Lipinski definition) is 4. The average Bonchev–Trinajstić information content (AvgIpc) is 2.37. The Hall–Kier alpha value is -2.52. The van der Waals surface area contributed by atoms with Crippen molar-refractivity contribution in [3.05, 3.63) is 65.2 Å². The predicted octanol–water partition coefficient (Wildman–Crippen LogP) is -7.18. The number of nitrogens with one attached hydrogen (secondary N) is 4. The summed E-state index contributed by atoms with van der Waals surface area (Å²) in [6, 6.07) is 1.47. The van der Waals surface area contributed by atoms with Gasteiger partial charge in [-0.1, -0.05) is 0 Å². The van der Waals surface area contributed by atoms with Crippen LogP contribution in [0, 0.1) is 0 Å². The topological polar surface area (TPSA) is 275 Å². The van der Waals surface area contributed by atoms with E-state index in [2.05, 4.69) is 0 Å². The summed E-state index contributed by atoms with van der Waals surface area (Å²) in [5.74, 6) is -3.18. The van der Waals surface area contributed by atoms with Crippen LogP contribution in [0.1, 0.15) is 21.0 Å². The third-order valence-corrected chi connectivity index (χ3v) is 1.96. The van der Waals surface area contributed by atoms with E-state index in [0.717, 1.165) is 12.1 Å². The van der Waals surface area contributed by atoms with Crippen LogP contribution in [0.25, 0.3) is 0 Å². The van der Waals surface area contributed by atoms with Crippen LogP contribution in [0.4, 0.5) is 0 Å². The van der Waals surface area contributed by atoms with E-state index in [1.807, 2.05) is 19.9 Å². The summed E-state index contributed by atoms with van der Waals surface area (Å²) >= 11 is 0. The zero-order chi connectivity index (χ0) is 16.9. The van der Waals surface area contributed by atoms with Gasteiger partial charge in [0.1, 0.15) is 0 Å². The number of carboxylic acids is 2. The molecule has 132 valence electrons. The van der Waals surface area contributed by atoms with Crippen molar-refractivity contribution < 1.29 is 30.8 Å². The van der Waals surface area contributed by atoms with Crippen molar-refractivity contribution in [2.75, 3.05) is 0 Å². The standard InChI is InChI=1S/2C5H4N2O4.Ca.2H2O/c2*8-3-1-2(4(9)10)6-5(11)7-3;;;/h2*1H,(H,9,10)(H2,6,7,8,11);;2*1H2/q;;+2;;/p-2. The van der Waals surface area contributed by atoms with Gasteiger partial charge in [0.2, 0.25) is 0 Å². The fraction of sp³-hybridized carbons (Fsp3) is 0. The molecule has 2 aromatic rings. The molecule has 14 nitrogen and oxygen atoms in total. The Morgan fingerprint density at radius 2 is 0.960 bits per heavy atom. The van der Waals surface area contributed by atoms with E-state index in [1.165, 1.54) is 0 Å². The molecule has 2 heterocycles. The van der Waals surface area contributed by atoms with E-state index in [-0.39, 0.29) is 48.7 Å². The van der Waals surface area contributed by atoms with Gasteiger partial charge in [0.25, 0.3) is 11.1 Å². The Labute approximate surface area is 165 Å². The molecule has 0 amide bonds. The number of carbonyl (C=O) groups excluding carboxylic acids is 2. The molecule has 8 N–H and O–H groups in total. The number of rotatable bonds is 2. The molecule has 15 heteroatoms. The van der Waals surface area contributed by atoms with Crippen molar-refractivity contribution in [2.24, 2.45) is 0 Å². The van der Waals surface area contributed by atoms with E-state index < -0.39 is 45.8 Å². The number of H-pyrrole nitrogens is 4. The van der Waals surface area contributed by atoms with Crippen molar-refractivity contribution >= 4 is 49.7 Å². The number of hydrogen-bond acceptors (Lipinski definition) is 8. The maximum Gasteiger partial charge on any atom is 2.00 e. The minimum Gasteiger partial charge on any atom is -0.543 e. The molecule has 0 aromatic carbocycles. The quantitative estimate of drug-likeness (QED) is 0.359. The molecule has 0 unspecified atom stereocenters. The maximum absolute atomic E-state index is 10.4. The third kappa shape index (κ3) is 9.38. The van der Waals surface area contributed by atoms with Crippen LogP contribution in [0.15, 0.2) is 31.3 Å². The molecule has 2 aromatic heterocycles. The summed E-state index contributed by atoms with van der Waals surface area (Å²) in [5.41, 5.74) is -4.33. The maximum atomic E-state index is 10.4. The van der Waals surface area contributed by atoms with Crippen LogP contribution < -0.4 is 32.7 Å². The second-order valence-corrected chi connectivity index (χ2v) is 3.58. The molecule has 0 aliphatic rings. The van der Waals surface area contributed by atoms with E-state index in [9.17, 15) is 39.0 Å². The monoisotopic (exact) mass is 386 g/mol. The molecule has 25 heavy (non-hydrogen) atoms. The zero-order valence-electron chi connectivity index (χ0n) is 12.1. The number of aromatic amines is 4. The summed E-state index contributed by atoms with van der Waals surface area (Å²) in [4.78, 5) is 69.2. The van der Waals surface area contributed by atoms with Crippen molar-refractivity contribution in [2.45, 2.75) is 0 Å². The Morgan fingerprint density at radius 3 is 1.16 bits per heavy atom. The fourth-order valence-electron chi connectivity index (χ4n) is 1.16. The van der Waals surface area contributed by atoms with Gasteiger partial charge in [-0.3, -0.25) is 19.6 Å². The van der Waals surface area contributed by atoms with Crippen LogP contribution in [0.3, 0.4) is 0 Å². The first-order valence-electron chi connectivity index (χ1n) is 5.29. The zero-order valence-corrected chi connectivity index (χ0v) is 14.3. The largest absolute Gasteiger partial charge is 2.00 e. The van der Waals surface area contributed by atoms with Gasteiger partial charge in [0.05, 0.1) is 23.3 Å². The number of aromatic nitrogens is 4. The summed E-state index contributed by atoms with van der Waals surface area (Å²) in [7, 11) is 0. The summed E-state index contributed by atoms with van der Waals surface area (Å²) in [6.07, 6.45) is 0. The molecule has 0 radical (unpaired) electrons. The Morgan fingerprint density at radius 1 is 0.680 bits per heavy atom. The van der Waals surface area contributed by atoms with Crippen LogP contribution in [0.2, 0.25) is 0 Å².